The number of aromatic nitrogens is 1. The molecule has 0 radical (unpaired) electrons. The monoisotopic (exact) mass is 533 g/mol. The van der Waals surface area contributed by atoms with Crippen molar-refractivity contribution in [3.05, 3.63) is 65.9 Å². The van der Waals surface area contributed by atoms with Gasteiger partial charge in [0.15, 0.2) is 0 Å². The predicted octanol–water partition coefficient (Wildman–Crippen LogP) is 4.58. The highest BCUT2D eigenvalue weighted by atomic mass is 16.5. The first kappa shape index (κ1) is 26.7. The Bertz CT molecular complexity index is 1260. The van der Waals surface area contributed by atoms with Crippen LogP contribution in [-0.4, -0.2) is 68.4 Å². The molecule has 2 aromatic carbocycles. The number of nitrogens with one attached hydrogen (secondary N) is 1. The number of nitrogens with zero attached hydrogens (tertiary/aromatic N) is 2. The van der Waals surface area contributed by atoms with Gasteiger partial charge < -0.3 is 29.0 Å². The molecular formula is C30H35N3O6. The Balaban J connectivity index is 1.26. The van der Waals surface area contributed by atoms with E-state index in [9.17, 15) is 9.59 Å². The zero-order chi connectivity index (χ0) is 27.1. The molecule has 0 saturated carbocycles. The van der Waals surface area contributed by atoms with E-state index >= 15 is 0 Å². The molecule has 39 heavy (non-hydrogen) atoms. The summed E-state index contributed by atoms with van der Waals surface area (Å²) >= 11 is 0. The zero-order valence-corrected chi connectivity index (χ0v) is 22.3. The first-order chi connectivity index (χ1) is 19.1. The largest absolute Gasteiger partial charge is 0.497 e. The Hall–Kier alpha value is -3.85. The summed E-state index contributed by atoms with van der Waals surface area (Å²) in [6.07, 6.45) is 4.53. The summed E-state index contributed by atoms with van der Waals surface area (Å²) in [6, 6.07) is 16.5. The lowest BCUT2D eigenvalue weighted by molar-refractivity contribution is 0.0318. The Morgan fingerprint density at radius 1 is 1.03 bits per heavy atom. The second-order valence-corrected chi connectivity index (χ2v) is 10.2. The van der Waals surface area contributed by atoms with Crippen LogP contribution in [0.2, 0.25) is 0 Å². The van der Waals surface area contributed by atoms with Crippen LogP contribution in [0.5, 0.6) is 11.5 Å². The van der Waals surface area contributed by atoms with Crippen molar-refractivity contribution in [2.75, 3.05) is 46.6 Å². The second kappa shape index (κ2) is 12.3. The number of hydrogen-bond acceptors (Lipinski definition) is 7. The third-order valence-electron chi connectivity index (χ3n) is 7.66. The molecule has 0 atom stereocenters. The van der Waals surface area contributed by atoms with Crippen molar-refractivity contribution in [2.45, 2.75) is 32.1 Å². The van der Waals surface area contributed by atoms with E-state index in [4.69, 9.17) is 18.7 Å². The number of para-hydroxylation sites is 1. The fourth-order valence-electron chi connectivity index (χ4n) is 5.23. The van der Waals surface area contributed by atoms with Crippen molar-refractivity contribution in [1.82, 2.24) is 15.4 Å². The maximum atomic E-state index is 13.3. The van der Waals surface area contributed by atoms with Gasteiger partial charge in [0.05, 0.1) is 25.9 Å². The number of piperidine rings is 1. The molecule has 2 aliphatic rings. The van der Waals surface area contributed by atoms with Gasteiger partial charge in [-0.25, -0.2) is 0 Å². The summed E-state index contributed by atoms with van der Waals surface area (Å²) < 4.78 is 22.7. The number of benzene rings is 2. The number of hydrogen-bond donors (Lipinski definition) is 1. The number of carbonyl (C=O) groups is 2. The number of ether oxygens (including phenoxy) is 3. The molecule has 206 valence electrons. The fourth-order valence-corrected chi connectivity index (χ4v) is 5.23. The molecule has 3 heterocycles. The summed E-state index contributed by atoms with van der Waals surface area (Å²) in [5.41, 5.74) is 1.89. The predicted molar refractivity (Wildman–Crippen MR) is 145 cm³/mol. The van der Waals surface area contributed by atoms with Gasteiger partial charge in [0.2, 0.25) is 5.76 Å². The molecule has 1 saturated heterocycles. The highest BCUT2D eigenvalue weighted by Crippen LogP contribution is 2.38. The molecule has 2 amide bonds. The maximum absolute atomic E-state index is 13.3. The molecule has 5 rings (SSSR count). The molecule has 1 spiro atoms. The van der Waals surface area contributed by atoms with Crippen LogP contribution in [-0.2, 0) is 4.74 Å². The molecule has 0 unspecified atom stereocenters. The Morgan fingerprint density at radius 2 is 1.82 bits per heavy atom. The average molecular weight is 534 g/mol. The lowest BCUT2D eigenvalue weighted by atomic mass is 9.75. The summed E-state index contributed by atoms with van der Waals surface area (Å²) in [5.74, 6) is 1.24. The van der Waals surface area contributed by atoms with Gasteiger partial charge in [-0.1, -0.05) is 23.7 Å². The zero-order valence-electron chi connectivity index (χ0n) is 22.3. The third kappa shape index (κ3) is 6.42. The van der Waals surface area contributed by atoms with Crippen LogP contribution < -0.4 is 14.8 Å². The van der Waals surface area contributed by atoms with E-state index < -0.39 is 0 Å². The van der Waals surface area contributed by atoms with E-state index in [-0.39, 0.29) is 23.0 Å². The minimum Gasteiger partial charge on any atom is -0.497 e. The maximum Gasteiger partial charge on any atom is 0.292 e. The minimum absolute atomic E-state index is 0.0971. The van der Waals surface area contributed by atoms with E-state index in [0.29, 0.717) is 56.5 Å². The third-order valence-corrected chi connectivity index (χ3v) is 7.66. The average Bonchev–Trinajstić information content (AvgIpc) is 3.48. The lowest BCUT2D eigenvalue weighted by Gasteiger charge is -2.41. The fraction of sp³-hybridized carbons (Fsp3) is 0.433. The lowest BCUT2D eigenvalue weighted by Crippen LogP contribution is -2.45. The molecule has 3 aromatic rings. The summed E-state index contributed by atoms with van der Waals surface area (Å²) in [7, 11) is 1.62. The van der Waals surface area contributed by atoms with Crippen LogP contribution in [0, 0.1) is 5.41 Å². The van der Waals surface area contributed by atoms with E-state index in [1.54, 1.807) is 19.2 Å². The number of methoxy groups -OCH3 is 1. The Labute approximate surface area is 228 Å². The Kier molecular flexibility index (Phi) is 8.46. The highest BCUT2D eigenvalue weighted by Gasteiger charge is 2.37. The number of fused-ring (bicyclic) bond motifs is 1. The van der Waals surface area contributed by atoms with Gasteiger partial charge in [0.25, 0.3) is 11.8 Å². The van der Waals surface area contributed by atoms with Crippen molar-refractivity contribution < 1.29 is 28.3 Å². The summed E-state index contributed by atoms with van der Waals surface area (Å²) in [4.78, 5) is 27.8. The first-order valence-electron chi connectivity index (χ1n) is 13.6. The van der Waals surface area contributed by atoms with Gasteiger partial charge in [-0.2, -0.15) is 0 Å². The van der Waals surface area contributed by atoms with Crippen molar-refractivity contribution in [3.8, 4) is 22.8 Å². The normalized spacial score (nSPS) is 18.4. The van der Waals surface area contributed by atoms with Crippen LogP contribution in [0.4, 0.5) is 0 Å². The van der Waals surface area contributed by atoms with E-state index in [2.05, 4.69) is 10.5 Å². The molecule has 2 aliphatic heterocycles. The summed E-state index contributed by atoms with van der Waals surface area (Å²) in [6.45, 7) is 3.30. The van der Waals surface area contributed by atoms with E-state index in [0.717, 1.165) is 43.4 Å². The molecule has 1 aromatic heterocycles. The van der Waals surface area contributed by atoms with Crippen LogP contribution in [0.3, 0.4) is 0 Å². The molecule has 0 aliphatic carbocycles. The molecule has 9 heteroatoms. The van der Waals surface area contributed by atoms with Crippen LogP contribution in [0.25, 0.3) is 11.3 Å². The highest BCUT2D eigenvalue weighted by molar-refractivity contribution is 5.96. The standard InChI is InChI=1S/C30H35N3O6/c1-36-23-10-8-22(9-11-23)25-20-27(39-32-25)29(35)33-16-13-30(14-17-33)12-4-5-18-37-19-15-31-28(34)24-6-2-3-7-26(24)38-21-30/h2-3,6-11,20H,4-5,12-19,21H2,1H3,(H,31,34). The van der Waals surface area contributed by atoms with Gasteiger partial charge in [-0.3, -0.25) is 9.59 Å². The Morgan fingerprint density at radius 3 is 2.62 bits per heavy atom. The number of rotatable bonds is 3. The van der Waals surface area contributed by atoms with Crippen molar-refractivity contribution >= 4 is 11.8 Å². The van der Waals surface area contributed by atoms with Gasteiger partial charge in [-0.15, -0.1) is 0 Å². The SMILES string of the molecule is COc1ccc(-c2cc(C(=O)N3CCC4(CCCCOCCNC(=O)c5ccccc5OC4)CC3)on2)cc1. The van der Waals surface area contributed by atoms with E-state index in [1.807, 2.05) is 47.4 Å². The second-order valence-electron chi connectivity index (χ2n) is 10.2. The molecule has 0 bridgehead atoms. The van der Waals surface area contributed by atoms with Crippen molar-refractivity contribution in [1.29, 1.82) is 0 Å². The van der Waals surface area contributed by atoms with Crippen LogP contribution in [0.1, 0.15) is 53.0 Å². The molecule has 9 nitrogen and oxygen atoms in total. The molecule has 1 fully saturated rings. The van der Waals surface area contributed by atoms with Gasteiger partial charge in [-0.05, 0) is 62.1 Å². The smallest absolute Gasteiger partial charge is 0.292 e. The summed E-state index contributed by atoms with van der Waals surface area (Å²) in [5, 5.41) is 7.02. The van der Waals surface area contributed by atoms with Crippen molar-refractivity contribution in [2.24, 2.45) is 5.41 Å². The van der Waals surface area contributed by atoms with Crippen molar-refractivity contribution in [3.63, 3.8) is 0 Å². The van der Waals surface area contributed by atoms with Gasteiger partial charge in [0, 0.05) is 43.3 Å². The van der Waals surface area contributed by atoms with E-state index in [1.165, 1.54) is 0 Å². The first-order valence-corrected chi connectivity index (χ1v) is 13.6. The minimum atomic E-state index is -0.165. The van der Waals surface area contributed by atoms with Gasteiger partial charge >= 0.3 is 0 Å². The molecular weight excluding hydrogens is 498 g/mol. The van der Waals surface area contributed by atoms with Crippen LogP contribution in [0.15, 0.2) is 59.1 Å². The number of amides is 2. The number of carbonyl (C=O) groups excluding carboxylic acids is 2. The molecule has 1 N–H and O–H groups in total. The van der Waals surface area contributed by atoms with Gasteiger partial charge in [0.1, 0.15) is 17.2 Å². The number of likely N-dealkylation sites (tertiary alicyclic amines) is 1. The quantitative estimate of drug-likeness (QED) is 0.526. The topological polar surface area (TPSA) is 103 Å². The van der Waals surface area contributed by atoms with Crippen LogP contribution >= 0.6 is 0 Å².